The Labute approximate surface area is 70.8 Å². The van der Waals surface area contributed by atoms with Gasteiger partial charge in [-0.15, -0.1) is 0 Å². The van der Waals surface area contributed by atoms with Gasteiger partial charge in [-0.25, -0.2) is 0 Å². The number of carbonyl (C=O) groups is 2. The molecule has 4 heteroatoms. The van der Waals surface area contributed by atoms with Gasteiger partial charge >= 0.3 is 11.9 Å². The SMILES string of the molecule is COC(=O)C(C)C(=O)OC1CC1. The molecule has 1 aliphatic carbocycles. The van der Waals surface area contributed by atoms with Gasteiger partial charge in [0.1, 0.15) is 6.10 Å². The van der Waals surface area contributed by atoms with Gasteiger partial charge in [0.25, 0.3) is 0 Å². The second kappa shape index (κ2) is 3.56. The van der Waals surface area contributed by atoms with Gasteiger partial charge in [0.2, 0.25) is 0 Å². The second-order valence-electron chi connectivity index (χ2n) is 2.88. The topological polar surface area (TPSA) is 52.6 Å². The highest BCUT2D eigenvalue weighted by Crippen LogP contribution is 2.24. The van der Waals surface area contributed by atoms with E-state index in [1.54, 1.807) is 0 Å². The van der Waals surface area contributed by atoms with E-state index in [-0.39, 0.29) is 6.10 Å². The normalized spacial score (nSPS) is 18.2. The van der Waals surface area contributed by atoms with Gasteiger partial charge in [-0.2, -0.15) is 0 Å². The second-order valence-corrected chi connectivity index (χ2v) is 2.88. The molecule has 1 aliphatic rings. The summed E-state index contributed by atoms with van der Waals surface area (Å²) in [6.07, 6.45) is 1.88. The highest BCUT2D eigenvalue weighted by atomic mass is 16.6. The predicted octanol–water partition coefficient (Wildman–Crippen LogP) is 0.501. The molecule has 0 spiro atoms. The zero-order valence-corrected chi connectivity index (χ0v) is 7.20. The van der Waals surface area contributed by atoms with Crippen molar-refractivity contribution in [2.45, 2.75) is 25.9 Å². The van der Waals surface area contributed by atoms with Gasteiger partial charge in [-0.1, -0.05) is 0 Å². The summed E-state index contributed by atoms with van der Waals surface area (Å²) in [6.45, 7) is 1.48. The lowest BCUT2D eigenvalue weighted by Gasteiger charge is -2.07. The highest BCUT2D eigenvalue weighted by molar-refractivity contribution is 5.94. The predicted molar refractivity (Wildman–Crippen MR) is 40.3 cm³/mol. The standard InChI is InChI=1S/C8H12O4/c1-5(7(9)11-2)8(10)12-6-3-4-6/h5-6H,3-4H2,1-2H3. The molecule has 1 unspecified atom stereocenters. The first-order valence-electron chi connectivity index (χ1n) is 3.93. The molecule has 12 heavy (non-hydrogen) atoms. The Kier molecular flexibility index (Phi) is 2.68. The van der Waals surface area contributed by atoms with Crippen LogP contribution < -0.4 is 0 Å². The van der Waals surface area contributed by atoms with Crippen molar-refractivity contribution in [1.82, 2.24) is 0 Å². The van der Waals surface area contributed by atoms with Crippen LogP contribution in [0.2, 0.25) is 0 Å². The fraction of sp³-hybridized carbons (Fsp3) is 0.750. The smallest absolute Gasteiger partial charge is 0.320 e. The summed E-state index contributed by atoms with van der Waals surface area (Å²) in [5.74, 6) is -1.82. The van der Waals surface area contributed by atoms with Crippen LogP contribution in [0.1, 0.15) is 19.8 Å². The maximum atomic E-state index is 11.1. The minimum Gasteiger partial charge on any atom is -0.468 e. The number of carbonyl (C=O) groups excluding carboxylic acids is 2. The van der Waals surface area contributed by atoms with E-state index >= 15 is 0 Å². The summed E-state index contributed by atoms with van der Waals surface area (Å²) in [5.41, 5.74) is 0. The van der Waals surface area contributed by atoms with Crippen LogP contribution in [0.4, 0.5) is 0 Å². The number of hydrogen-bond acceptors (Lipinski definition) is 4. The summed E-state index contributed by atoms with van der Waals surface area (Å²) in [4.78, 5) is 21.9. The van der Waals surface area contributed by atoms with E-state index in [1.165, 1.54) is 14.0 Å². The molecular formula is C8H12O4. The van der Waals surface area contributed by atoms with Crippen LogP contribution in [0.15, 0.2) is 0 Å². The molecule has 68 valence electrons. The van der Waals surface area contributed by atoms with E-state index in [0.29, 0.717) is 0 Å². The Bertz CT molecular complexity index is 195. The maximum absolute atomic E-state index is 11.1. The van der Waals surface area contributed by atoms with E-state index in [1.807, 2.05) is 0 Å². The Morgan fingerprint density at radius 2 is 1.92 bits per heavy atom. The summed E-state index contributed by atoms with van der Waals surface area (Å²) >= 11 is 0. The zero-order chi connectivity index (χ0) is 9.14. The van der Waals surface area contributed by atoms with E-state index in [2.05, 4.69) is 4.74 Å². The Balaban J connectivity index is 2.33. The summed E-state index contributed by atoms with van der Waals surface area (Å²) in [5, 5.41) is 0. The van der Waals surface area contributed by atoms with Gasteiger partial charge in [0, 0.05) is 0 Å². The van der Waals surface area contributed by atoms with Crippen molar-refractivity contribution in [3.05, 3.63) is 0 Å². The minimum absolute atomic E-state index is 0.0459. The summed E-state index contributed by atoms with van der Waals surface area (Å²) < 4.78 is 9.30. The molecule has 0 aromatic carbocycles. The molecule has 1 fully saturated rings. The van der Waals surface area contributed by atoms with E-state index < -0.39 is 17.9 Å². The Morgan fingerprint density at radius 3 is 2.33 bits per heavy atom. The third kappa shape index (κ3) is 2.22. The average Bonchev–Trinajstić information content (AvgIpc) is 2.85. The molecule has 0 bridgehead atoms. The largest absolute Gasteiger partial charge is 0.468 e. The van der Waals surface area contributed by atoms with Crippen molar-refractivity contribution in [3.8, 4) is 0 Å². The van der Waals surface area contributed by atoms with E-state index in [4.69, 9.17) is 4.74 Å². The molecule has 0 aromatic rings. The van der Waals surface area contributed by atoms with Crippen LogP contribution >= 0.6 is 0 Å². The third-order valence-electron chi connectivity index (χ3n) is 1.72. The van der Waals surface area contributed by atoms with Crippen LogP contribution in [0, 0.1) is 5.92 Å². The molecule has 0 heterocycles. The van der Waals surface area contributed by atoms with Crippen LogP contribution in [-0.2, 0) is 19.1 Å². The van der Waals surface area contributed by atoms with E-state index in [0.717, 1.165) is 12.8 Å². The lowest BCUT2D eigenvalue weighted by molar-refractivity contribution is -0.160. The molecule has 0 radical (unpaired) electrons. The van der Waals surface area contributed by atoms with Gasteiger partial charge in [0.15, 0.2) is 5.92 Å². The van der Waals surface area contributed by atoms with Crippen molar-refractivity contribution < 1.29 is 19.1 Å². The van der Waals surface area contributed by atoms with Gasteiger partial charge < -0.3 is 9.47 Å². The fourth-order valence-corrected chi connectivity index (χ4v) is 0.725. The zero-order valence-electron chi connectivity index (χ0n) is 7.20. The van der Waals surface area contributed by atoms with Gasteiger partial charge in [-0.3, -0.25) is 9.59 Å². The van der Waals surface area contributed by atoms with Crippen LogP contribution in [-0.4, -0.2) is 25.2 Å². The van der Waals surface area contributed by atoms with Crippen molar-refractivity contribution in [1.29, 1.82) is 0 Å². The molecule has 0 saturated heterocycles. The van der Waals surface area contributed by atoms with Crippen molar-refractivity contribution in [2.75, 3.05) is 7.11 Å². The van der Waals surface area contributed by atoms with Crippen molar-refractivity contribution in [3.63, 3.8) is 0 Å². The Hall–Kier alpha value is -1.06. The van der Waals surface area contributed by atoms with Crippen LogP contribution in [0.5, 0.6) is 0 Å². The molecular weight excluding hydrogens is 160 g/mol. The van der Waals surface area contributed by atoms with E-state index in [9.17, 15) is 9.59 Å². The Morgan fingerprint density at radius 1 is 1.33 bits per heavy atom. The molecule has 1 rings (SSSR count). The van der Waals surface area contributed by atoms with Crippen LogP contribution in [0.3, 0.4) is 0 Å². The lowest BCUT2D eigenvalue weighted by atomic mass is 10.2. The summed E-state index contributed by atoms with van der Waals surface area (Å²) in [7, 11) is 1.25. The quantitative estimate of drug-likeness (QED) is 0.459. The fourth-order valence-electron chi connectivity index (χ4n) is 0.725. The monoisotopic (exact) mass is 172 g/mol. The number of esters is 2. The molecule has 4 nitrogen and oxygen atoms in total. The van der Waals surface area contributed by atoms with Crippen molar-refractivity contribution >= 4 is 11.9 Å². The first kappa shape index (κ1) is 9.03. The molecule has 1 atom stereocenters. The lowest BCUT2D eigenvalue weighted by Crippen LogP contribution is -2.24. The van der Waals surface area contributed by atoms with Crippen LogP contribution in [0.25, 0.3) is 0 Å². The maximum Gasteiger partial charge on any atom is 0.320 e. The van der Waals surface area contributed by atoms with Gasteiger partial charge in [0.05, 0.1) is 7.11 Å². The molecule has 0 aromatic heterocycles. The number of rotatable bonds is 3. The molecule has 0 N–H and O–H groups in total. The molecule has 0 amide bonds. The highest BCUT2D eigenvalue weighted by Gasteiger charge is 2.31. The molecule has 0 aliphatic heterocycles. The minimum atomic E-state index is -0.796. The average molecular weight is 172 g/mol. The first-order chi connectivity index (χ1) is 5.65. The number of ether oxygens (including phenoxy) is 2. The molecule has 1 saturated carbocycles. The first-order valence-corrected chi connectivity index (χ1v) is 3.93. The number of methoxy groups -OCH3 is 1. The third-order valence-corrected chi connectivity index (χ3v) is 1.72. The van der Waals surface area contributed by atoms with Gasteiger partial charge in [-0.05, 0) is 19.8 Å². The number of hydrogen-bond donors (Lipinski definition) is 0. The summed E-state index contributed by atoms with van der Waals surface area (Å²) in [6, 6.07) is 0. The van der Waals surface area contributed by atoms with Crippen molar-refractivity contribution in [2.24, 2.45) is 5.92 Å².